The number of thioether (sulfide) groups is 1. The Morgan fingerprint density at radius 3 is 2.23 bits per heavy atom. The lowest BCUT2D eigenvalue weighted by atomic mass is 9.97. The van der Waals surface area contributed by atoms with Gasteiger partial charge in [0.25, 0.3) is 10.2 Å². The Bertz CT molecular complexity index is 622. The van der Waals surface area contributed by atoms with Gasteiger partial charge in [-0.15, -0.1) is 20.2 Å². The molecule has 0 heterocycles. The van der Waals surface area contributed by atoms with Gasteiger partial charge in [0.15, 0.2) is 5.12 Å². The van der Waals surface area contributed by atoms with Gasteiger partial charge < -0.3 is 9.68 Å². The van der Waals surface area contributed by atoms with Crippen LogP contribution in [-0.4, -0.2) is 33.8 Å². The normalized spacial score (nSPS) is 13.1. The molecule has 2 atom stereocenters. The first-order valence-corrected chi connectivity index (χ1v) is 9.01. The Balaban J connectivity index is 2.60. The molecule has 1 aromatic rings. The minimum absolute atomic E-state index is 0.122. The summed E-state index contributed by atoms with van der Waals surface area (Å²) >= 11 is 0.825. The van der Waals surface area contributed by atoms with E-state index >= 15 is 0 Å². The Morgan fingerprint density at radius 2 is 1.73 bits per heavy atom. The van der Waals surface area contributed by atoms with E-state index in [-0.39, 0.29) is 10.9 Å². The lowest BCUT2D eigenvalue weighted by Crippen LogP contribution is -2.27. The standard InChI is InChI=1S/C16H22N2O7S/c1-11(2)8-13-4-6-14(7-5-13)12(3)16(19)26-10-15(25-18(22)23)9-24-17(20)21/h4-7,11-12,15H,8-10H2,1-3H3. The van der Waals surface area contributed by atoms with Gasteiger partial charge in [-0.05, 0) is 23.5 Å². The largest absolute Gasteiger partial charge is 0.312 e. The number of carbonyl (C=O) groups excluding carboxylic acids is 1. The minimum atomic E-state index is -1.20. The van der Waals surface area contributed by atoms with Crippen molar-refractivity contribution in [2.75, 3.05) is 12.4 Å². The van der Waals surface area contributed by atoms with Crippen molar-refractivity contribution < 1.29 is 24.6 Å². The van der Waals surface area contributed by atoms with E-state index in [1.165, 1.54) is 5.56 Å². The second-order valence-electron chi connectivity index (χ2n) is 6.16. The van der Waals surface area contributed by atoms with Crippen molar-refractivity contribution in [3.8, 4) is 0 Å². The molecule has 144 valence electrons. The van der Waals surface area contributed by atoms with Crippen LogP contribution in [0, 0.1) is 26.1 Å². The molecule has 0 bridgehead atoms. The van der Waals surface area contributed by atoms with E-state index in [9.17, 15) is 25.0 Å². The van der Waals surface area contributed by atoms with E-state index < -0.39 is 28.8 Å². The number of hydrogen-bond acceptors (Lipinski definition) is 8. The third-order valence-electron chi connectivity index (χ3n) is 3.49. The molecule has 0 aliphatic rings. The van der Waals surface area contributed by atoms with E-state index in [4.69, 9.17) is 0 Å². The van der Waals surface area contributed by atoms with Gasteiger partial charge in [0.05, 0.1) is 5.92 Å². The Kier molecular flexibility index (Phi) is 8.83. The second-order valence-corrected chi connectivity index (χ2v) is 7.19. The quantitative estimate of drug-likeness (QED) is 0.420. The highest BCUT2D eigenvalue weighted by Gasteiger charge is 2.21. The monoisotopic (exact) mass is 386 g/mol. The molecular formula is C16H22N2O7S. The van der Waals surface area contributed by atoms with Gasteiger partial charge in [0, 0.05) is 5.75 Å². The summed E-state index contributed by atoms with van der Waals surface area (Å²) in [5.74, 6) is -0.000153. The van der Waals surface area contributed by atoms with Gasteiger partial charge in [-0.1, -0.05) is 56.8 Å². The van der Waals surface area contributed by atoms with Crippen molar-refractivity contribution in [3.05, 3.63) is 55.6 Å². The molecule has 0 aliphatic carbocycles. The summed E-state index contributed by atoms with van der Waals surface area (Å²) in [6.45, 7) is 5.38. The molecule has 0 N–H and O–H groups in total. The van der Waals surface area contributed by atoms with Crippen LogP contribution in [0.3, 0.4) is 0 Å². The first kappa shape index (κ1) is 21.7. The molecule has 9 nitrogen and oxygen atoms in total. The number of rotatable bonds is 11. The molecule has 0 fully saturated rings. The molecule has 0 radical (unpaired) electrons. The maximum atomic E-state index is 12.3. The fraction of sp³-hybridized carbons (Fsp3) is 0.562. The van der Waals surface area contributed by atoms with Crippen molar-refractivity contribution >= 4 is 16.9 Å². The lowest BCUT2D eigenvalue weighted by Gasteiger charge is -2.15. The molecule has 0 aromatic heterocycles. The summed E-state index contributed by atoms with van der Waals surface area (Å²) in [5.41, 5.74) is 2.02. The maximum Gasteiger partial charge on any atom is 0.294 e. The fourth-order valence-corrected chi connectivity index (χ4v) is 3.12. The Labute approximate surface area is 155 Å². The van der Waals surface area contributed by atoms with Gasteiger partial charge in [-0.3, -0.25) is 4.79 Å². The number of carbonyl (C=O) groups is 1. The molecule has 0 spiro atoms. The van der Waals surface area contributed by atoms with Crippen LogP contribution >= 0.6 is 11.8 Å². The first-order chi connectivity index (χ1) is 12.2. The lowest BCUT2D eigenvalue weighted by molar-refractivity contribution is -0.788. The van der Waals surface area contributed by atoms with Crippen LogP contribution in [0.2, 0.25) is 0 Å². The highest BCUT2D eigenvalue weighted by Crippen LogP contribution is 2.24. The molecule has 0 saturated carbocycles. The fourth-order valence-electron chi connectivity index (χ4n) is 2.22. The third kappa shape index (κ3) is 8.15. The van der Waals surface area contributed by atoms with Crippen molar-refractivity contribution in [2.45, 2.75) is 39.2 Å². The van der Waals surface area contributed by atoms with Crippen LogP contribution in [0.25, 0.3) is 0 Å². The van der Waals surface area contributed by atoms with Crippen LogP contribution in [-0.2, 0) is 20.9 Å². The van der Waals surface area contributed by atoms with E-state index in [1.54, 1.807) is 6.92 Å². The highest BCUT2D eigenvalue weighted by atomic mass is 32.2. The minimum Gasteiger partial charge on any atom is -0.312 e. The predicted molar refractivity (Wildman–Crippen MR) is 95.7 cm³/mol. The molecule has 1 aromatic carbocycles. The zero-order valence-corrected chi connectivity index (χ0v) is 15.6. The average Bonchev–Trinajstić information content (AvgIpc) is 2.56. The molecule has 1 rings (SSSR count). The van der Waals surface area contributed by atoms with Crippen LogP contribution in [0.5, 0.6) is 0 Å². The summed E-state index contributed by atoms with van der Waals surface area (Å²) in [6.07, 6.45) is -0.252. The van der Waals surface area contributed by atoms with Crippen molar-refractivity contribution in [1.29, 1.82) is 0 Å². The number of hydrogen-bond donors (Lipinski definition) is 0. The topological polar surface area (TPSA) is 122 Å². The van der Waals surface area contributed by atoms with Crippen LogP contribution < -0.4 is 0 Å². The van der Waals surface area contributed by atoms with Gasteiger partial charge in [-0.2, -0.15) is 0 Å². The van der Waals surface area contributed by atoms with E-state index in [0.717, 1.165) is 23.7 Å². The Morgan fingerprint density at radius 1 is 1.12 bits per heavy atom. The molecule has 2 unspecified atom stereocenters. The zero-order valence-electron chi connectivity index (χ0n) is 14.8. The predicted octanol–water partition coefficient (Wildman–Crippen LogP) is 3.03. The van der Waals surface area contributed by atoms with Gasteiger partial charge >= 0.3 is 0 Å². The second kappa shape index (κ2) is 10.6. The average molecular weight is 386 g/mol. The van der Waals surface area contributed by atoms with Crippen molar-refractivity contribution in [3.63, 3.8) is 0 Å². The summed E-state index contributed by atoms with van der Waals surface area (Å²) in [4.78, 5) is 41.3. The number of benzene rings is 1. The molecule has 0 amide bonds. The van der Waals surface area contributed by atoms with Crippen molar-refractivity contribution in [2.24, 2.45) is 5.92 Å². The third-order valence-corrected chi connectivity index (χ3v) is 4.67. The summed E-state index contributed by atoms with van der Waals surface area (Å²) in [6, 6.07) is 7.74. The molecular weight excluding hydrogens is 364 g/mol. The zero-order chi connectivity index (χ0) is 19.7. The van der Waals surface area contributed by atoms with E-state index in [2.05, 4.69) is 23.5 Å². The van der Waals surface area contributed by atoms with Gasteiger partial charge in [0.2, 0.25) is 0 Å². The molecule has 26 heavy (non-hydrogen) atoms. The SMILES string of the molecule is CC(C)Cc1ccc(C(C)C(=O)SCC(CO[N+](=O)[O-])O[N+](=O)[O-])cc1. The first-order valence-electron chi connectivity index (χ1n) is 8.03. The summed E-state index contributed by atoms with van der Waals surface area (Å²) < 4.78 is 0. The maximum absolute atomic E-state index is 12.3. The summed E-state index contributed by atoms with van der Waals surface area (Å²) in [7, 11) is 0. The number of nitrogens with zero attached hydrogens (tertiary/aromatic N) is 2. The van der Waals surface area contributed by atoms with E-state index in [0.29, 0.717) is 5.92 Å². The molecule has 0 aliphatic heterocycles. The van der Waals surface area contributed by atoms with Crippen LogP contribution in [0.15, 0.2) is 24.3 Å². The van der Waals surface area contributed by atoms with Crippen molar-refractivity contribution in [1.82, 2.24) is 0 Å². The Hall–Kier alpha value is -2.36. The highest BCUT2D eigenvalue weighted by molar-refractivity contribution is 8.13. The van der Waals surface area contributed by atoms with Gasteiger partial charge in [0.1, 0.15) is 12.7 Å². The van der Waals surface area contributed by atoms with Crippen LogP contribution in [0.1, 0.15) is 37.8 Å². The summed E-state index contributed by atoms with van der Waals surface area (Å²) in [5, 5.41) is 18.3. The smallest absolute Gasteiger partial charge is 0.294 e. The van der Waals surface area contributed by atoms with Crippen LogP contribution in [0.4, 0.5) is 0 Å². The molecule has 10 heteroatoms. The molecule has 0 saturated heterocycles. The van der Waals surface area contributed by atoms with Gasteiger partial charge in [-0.25, -0.2) is 0 Å². The van der Waals surface area contributed by atoms with E-state index in [1.807, 2.05) is 24.3 Å².